The maximum atomic E-state index is 6.33. The van der Waals surface area contributed by atoms with Gasteiger partial charge in [-0.25, -0.2) is 15.0 Å². The third-order valence-electron chi connectivity index (χ3n) is 4.49. The summed E-state index contributed by atoms with van der Waals surface area (Å²) in [6.45, 7) is 7.62. The first-order valence-electron chi connectivity index (χ1n) is 9.15. The van der Waals surface area contributed by atoms with Gasteiger partial charge < -0.3 is 0 Å². The lowest BCUT2D eigenvalue weighted by molar-refractivity contribution is 1.23. The number of hydrogen-bond acceptors (Lipinski definition) is 3. The van der Waals surface area contributed by atoms with Gasteiger partial charge in [0.1, 0.15) is 0 Å². The highest BCUT2D eigenvalue weighted by atomic mass is 35.5. The fraction of sp³-hybridized carbons (Fsp3) is 0.174. The molecule has 9 heteroatoms. The summed E-state index contributed by atoms with van der Waals surface area (Å²) in [5.74, 6) is 0. The average molecular weight is 552 g/mol. The predicted octanol–water partition coefficient (Wildman–Crippen LogP) is 9.44. The second-order valence-electron chi connectivity index (χ2n) is 6.91. The highest BCUT2D eigenvalue weighted by Gasteiger charge is 2.10. The fourth-order valence-electron chi connectivity index (χ4n) is 2.96. The Labute approximate surface area is 220 Å². The highest BCUT2D eigenvalue weighted by molar-refractivity contribution is 6.37. The van der Waals surface area contributed by atoms with Gasteiger partial charge in [-0.05, 0) is 75.2 Å². The molecule has 0 amide bonds. The lowest BCUT2D eigenvalue weighted by Crippen LogP contribution is -2.05. The van der Waals surface area contributed by atoms with Crippen molar-refractivity contribution in [2.45, 2.75) is 27.7 Å². The van der Waals surface area contributed by atoms with Gasteiger partial charge in [-0.15, -0.1) is 24.8 Å². The molecule has 0 radical (unpaired) electrons. The predicted molar refractivity (Wildman–Crippen MR) is 145 cm³/mol. The van der Waals surface area contributed by atoms with Gasteiger partial charge in [-0.3, -0.25) is 0 Å². The molecular formula is C23H21Cl6N3. The Kier molecular flexibility index (Phi) is 11.0. The van der Waals surface area contributed by atoms with Gasteiger partial charge in [-0.2, -0.15) is 0 Å². The molecule has 32 heavy (non-hydrogen) atoms. The smallest absolute Gasteiger partial charge is 0.0850 e. The molecule has 0 saturated heterocycles. The first kappa shape index (κ1) is 28.7. The van der Waals surface area contributed by atoms with Gasteiger partial charge in [0.25, 0.3) is 0 Å². The quantitative estimate of drug-likeness (QED) is 0.297. The monoisotopic (exact) mass is 549 g/mol. The number of hydrogen-bond donors (Lipinski definition) is 0. The SMILES string of the molecule is CC(=Nc1c(C)cc(Cl)cc1Cl)c1cccc(C(C)=Nc2c(C)cc(Cl)cc2Cl)n1.Cl.Cl. The van der Waals surface area contributed by atoms with E-state index in [1.165, 1.54) is 0 Å². The molecule has 170 valence electrons. The van der Waals surface area contributed by atoms with Crippen LogP contribution in [0.1, 0.15) is 36.4 Å². The van der Waals surface area contributed by atoms with Crippen molar-refractivity contribution in [2.75, 3.05) is 0 Å². The molecule has 1 aromatic heterocycles. The van der Waals surface area contributed by atoms with Crippen LogP contribution < -0.4 is 0 Å². The summed E-state index contributed by atoms with van der Waals surface area (Å²) >= 11 is 24.8. The normalized spacial score (nSPS) is 11.6. The zero-order valence-electron chi connectivity index (χ0n) is 17.7. The van der Waals surface area contributed by atoms with Crippen molar-refractivity contribution in [1.29, 1.82) is 0 Å². The molecule has 3 nitrogen and oxygen atoms in total. The van der Waals surface area contributed by atoms with Gasteiger partial charge in [0.15, 0.2) is 0 Å². The van der Waals surface area contributed by atoms with Crippen LogP contribution >= 0.6 is 71.2 Å². The van der Waals surface area contributed by atoms with E-state index in [1.807, 2.05) is 58.0 Å². The van der Waals surface area contributed by atoms with E-state index in [1.54, 1.807) is 12.1 Å². The molecule has 0 atom stereocenters. The zero-order valence-corrected chi connectivity index (χ0v) is 22.4. The van der Waals surface area contributed by atoms with Crippen LogP contribution in [-0.4, -0.2) is 16.4 Å². The molecule has 0 fully saturated rings. The third-order valence-corrected chi connectivity index (χ3v) is 5.50. The number of nitrogens with zero attached hydrogens (tertiary/aromatic N) is 3. The molecular weight excluding hydrogens is 531 g/mol. The number of halogens is 6. The van der Waals surface area contributed by atoms with Crippen molar-refractivity contribution < 1.29 is 0 Å². The van der Waals surface area contributed by atoms with E-state index in [0.717, 1.165) is 33.9 Å². The molecule has 3 aromatic rings. The van der Waals surface area contributed by atoms with Crippen molar-refractivity contribution in [3.63, 3.8) is 0 Å². The summed E-state index contributed by atoms with van der Waals surface area (Å²) in [6, 6.07) is 12.7. The Morgan fingerprint density at radius 2 is 1.06 bits per heavy atom. The molecule has 0 N–H and O–H groups in total. The average Bonchev–Trinajstić information content (AvgIpc) is 2.67. The Morgan fingerprint density at radius 3 is 1.41 bits per heavy atom. The van der Waals surface area contributed by atoms with Crippen LogP contribution in [0.4, 0.5) is 11.4 Å². The number of aliphatic imine (C=N–C) groups is 2. The van der Waals surface area contributed by atoms with E-state index in [0.29, 0.717) is 31.5 Å². The van der Waals surface area contributed by atoms with Crippen molar-refractivity contribution in [3.8, 4) is 0 Å². The van der Waals surface area contributed by atoms with E-state index in [2.05, 4.69) is 9.98 Å². The molecule has 3 rings (SSSR count). The maximum Gasteiger partial charge on any atom is 0.0850 e. The molecule has 0 spiro atoms. The lowest BCUT2D eigenvalue weighted by atomic mass is 10.1. The Bertz CT molecular complexity index is 1050. The van der Waals surface area contributed by atoms with Gasteiger partial charge >= 0.3 is 0 Å². The molecule has 2 aromatic carbocycles. The van der Waals surface area contributed by atoms with Crippen LogP contribution in [0.15, 0.2) is 52.4 Å². The van der Waals surface area contributed by atoms with Gasteiger partial charge in [-0.1, -0.05) is 52.5 Å². The molecule has 0 saturated carbocycles. The van der Waals surface area contributed by atoms with Crippen LogP contribution in [0, 0.1) is 13.8 Å². The Morgan fingerprint density at radius 1 is 0.688 bits per heavy atom. The number of aryl methyl sites for hydroxylation is 2. The molecule has 0 unspecified atom stereocenters. The lowest BCUT2D eigenvalue weighted by Gasteiger charge is -2.09. The first-order valence-corrected chi connectivity index (χ1v) is 10.7. The van der Waals surface area contributed by atoms with Gasteiger partial charge in [0, 0.05) is 10.0 Å². The van der Waals surface area contributed by atoms with Gasteiger partial charge in [0.2, 0.25) is 0 Å². The summed E-state index contributed by atoms with van der Waals surface area (Å²) in [4.78, 5) is 14.1. The number of aromatic nitrogens is 1. The fourth-order valence-corrected chi connectivity index (χ4v) is 4.24. The van der Waals surface area contributed by atoms with Crippen molar-refractivity contribution >= 4 is 94.0 Å². The summed E-state index contributed by atoms with van der Waals surface area (Å²) in [5, 5.41) is 2.16. The maximum absolute atomic E-state index is 6.33. The highest BCUT2D eigenvalue weighted by Crippen LogP contribution is 2.33. The summed E-state index contributed by atoms with van der Waals surface area (Å²) in [6.07, 6.45) is 0. The molecule has 0 bridgehead atoms. The molecule has 0 aliphatic rings. The van der Waals surface area contributed by atoms with Gasteiger partial charge in [0.05, 0.1) is 44.2 Å². The van der Waals surface area contributed by atoms with E-state index in [9.17, 15) is 0 Å². The van der Waals surface area contributed by atoms with Crippen LogP contribution in [-0.2, 0) is 0 Å². The summed E-state index contributed by atoms with van der Waals surface area (Å²) in [5.41, 5.74) is 6.08. The third kappa shape index (κ3) is 6.84. The number of rotatable bonds is 4. The minimum absolute atomic E-state index is 0. The second-order valence-corrected chi connectivity index (χ2v) is 8.60. The van der Waals surface area contributed by atoms with Crippen LogP contribution in [0.25, 0.3) is 0 Å². The summed E-state index contributed by atoms with van der Waals surface area (Å²) < 4.78 is 0. The summed E-state index contributed by atoms with van der Waals surface area (Å²) in [7, 11) is 0. The van der Waals surface area contributed by atoms with Crippen LogP contribution in [0.2, 0.25) is 20.1 Å². The van der Waals surface area contributed by atoms with E-state index >= 15 is 0 Å². The van der Waals surface area contributed by atoms with Crippen molar-refractivity contribution in [2.24, 2.45) is 9.98 Å². The zero-order chi connectivity index (χ0) is 22.0. The van der Waals surface area contributed by atoms with E-state index < -0.39 is 0 Å². The second kappa shape index (κ2) is 12.2. The number of benzene rings is 2. The topological polar surface area (TPSA) is 37.6 Å². The minimum Gasteiger partial charge on any atom is -0.250 e. The first-order chi connectivity index (χ1) is 14.2. The van der Waals surface area contributed by atoms with E-state index in [4.69, 9.17) is 51.4 Å². The number of pyridine rings is 1. The molecule has 0 aliphatic heterocycles. The Balaban J connectivity index is 0.00000256. The molecule has 0 aliphatic carbocycles. The standard InChI is InChI=1S/C23H19Cl4N3.2ClH/c1-12-8-16(24)10-18(26)22(12)28-14(3)20-6-5-7-21(30-20)15(4)29-23-13(2)9-17(25)11-19(23)27;;/h5-11H,1-4H3;2*1H. The molecule has 1 heterocycles. The van der Waals surface area contributed by atoms with Crippen molar-refractivity contribution in [1.82, 2.24) is 4.98 Å². The minimum atomic E-state index is 0. The van der Waals surface area contributed by atoms with E-state index in [-0.39, 0.29) is 24.8 Å². The van der Waals surface area contributed by atoms with Crippen LogP contribution in [0.5, 0.6) is 0 Å². The Hall–Kier alpha value is -1.33. The van der Waals surface area contributed by atoms with Crippen LogP contribution in [0.3, 0.4) is 0 Å². The largest absolute Gasteiger partial charge is 0.250 e. The van der Waals surface area contributed by atoms with Crippen molar-refractivity contribution in [3.05, 3.63) is 85.1 Å².